The molecule has 2 aromatic carbocycles. The standard InChI is InChI=1S/C24H27F2NO5S/c1-3-5-11-24(4-2)15-27(17-9-7-6-8-10-17)20-12-18(25)21(32-14-19(26)23(28)29)13-22(20)33(30,31)16-24/h6-10,12-14H,3-5,11,15-16H2,1-2H3,(H,28,29)/b19-14-. The van der Waals surface area contributed by atoms with Gasteiger partial charge in [-0.05, 0) is 25.0 Å². The van der Waals surface area contributed by atoms with E-state index in [4.69, 9.17) is 9.84 Å². The van der Waals surface area contributed by atoms with E-state index in [0.29, 0.717) is 19.4 Å². The van der Waals surface area contributed by atoms with Crippen LogP contribution in [-0.4, -0.2) is 31.8 Å². The summed E-state index contributed by atoms with van der Waals surface area (Å²) >= 11 is 0. The van der Waals surface area contributed by atoms with Crippen LogP contribution in [0.4, 0.5) is 20.2 Å². The minimum absolute atomic E-state index is 0.128. The summed E-state index contributed by atoms with van der Waals surface area (Å²) in [6.45, 7) is 4.38. The lowest BCUT2D eigenvalue weighted by atomic mass is 9.81. The predicted molar refractivity (Wildman–Crippen MR) is 122 cm³/mol. The van der Waals surface area contributed by atoms with E-state index in [2.05, 4.69) is 0 Å². The molecule has 9 heteroatoms. The number of carbonyl (C=O) groups is 1. The van der Waals surface area contributed by atoms with Crippen LogP contribution < -0.4 is 9.64 Å². The molecular formula is C24H27F2NO5S. The number of carboxylic acids is 1. The van der Waals surface area contributed by atoms with Crippen LogP contribution in [0, 0.1) is 11.2 Å². The van der Waals surface area contributed by atoms with Crippen LogP contribution >= 0.6 is 0 Å². The molecular weight excluding hydrogens is 452 g/mol. The number of para-hydroxylation sites is 1. The molecule has 1 aliphatic rings. The molecule has 1 N–H and O–H groups in total. The Balaban J connectivity index is 2.20. The first kappa shape index (κ1) is 24.7. The zero-order chi connectivity index (χ0) is 24.2. The Kier molecular flexibility index (Phi) is 7.41. The van der Waals surface area contributed by atoms with Gasteiger partial charge in [-0.25, -0.2) is 17.6 Å². The van der Waals surface area contributed by atoms with E-state index in [1.54, 1.807) is 4.90 Å². The van der Waals surface area contributed by atoms with Crippen LogP contribution in [0.3, 0.4) is 0 Å². The molecule has 1 atom stereocenters. The van der Waals surface area contributed by atoms with Crippen molar-refractivity contribution in [3.8, 4) is 5.75 Å². The first-order valence-corrected chi connectivity index (χ1v) is 12.4. The molecule has 3 rings (SSSR count). The maximum atomic E-state index is 14.9. The Morgan fingerprint density at radius 1 is 1.24 bits per heavy atom. The highest BCUT2D eigenvalue weighted by atomic mass is 32.2. The minimum Gasteiger partial charge on any atom is -0.476 e. The zero-order valence-electron chi connectivity index (χ0n) is 18.6. The van der Waals surface area contributed by atoms with Gasteiger partial charge in [-0.1, -0.05) is 44.9 Å². The molecule has 0 fully saturated rings. The van der Waals surface area contributed by atoms with Gasteiger partial charge in [-0.3, -0.25) is 0 Å². The molecule has 1 unspecified atom stereocenters. The molecule has 2 aromatic rings. The number of benzene rings is 2. The molecule has 0 aliphatic carbocycles. The lowest BCUT2D eigenvalue weighted by molar-refractivity contribution is -0.134. The van der Waals surface area contributed by atoms with Crippen LogP contribution in [0.25, 0.3) is 0 Å². The molecule has 178 valence electrons. The highest BCUT2D eigenvalue weighted by molar-refractivity contribution is 7.91. The SMILES string of the molecule is CCCCC1(CC)CN(c2ccccc2)c2cc(F)c(O/C=C(\F)C(=O)O)cc2S(=O)(=O)C1. The summed E-state index contributed by atoms with van der Waals surface area (Å²) < 4.78 is 60.2. The van der Waals surface area contributed by atoms with Gasteiger partial charge in [0.2, 0.25) is 5.83 Å². The van der Waals surface area contributed by atoms with Gasteiger partial charge in [-0.15, -0.1) is 0 Å². The summed E-state index contributed by atoms with van der Waals surface area (Å²) in [5.74, 6) is -5.15. The largest absolute Gasteiger partial charge is 0.476 e. The number of carboxylic acid groups (broad SMARTS) is 1. The monoisotopic (exact) mass is 479 g/mol. The molecule has 0 saturated heterocycles. The van der Waals surface area contributed by atoms with Gasteiger partial charge in [0.25, 0.3) is 0 Å². The highest BCUT2D eigenvalue weighted by Crippen LogP contribution is 2.45. The van der Waals surface area contributed by atoms with Crippen molar-refractivity contribution in [2.45, 2.75) is 44.4 Å². The summed E-state index contributed by atoms with van der Waals surface area (Å²) in [6, 6.07) is 11.2. The summed E-state index contributed by atoms with van der Waals surface area (Å²) in [5.41, 5.74) is 0.326. The van der Waals surface area contributed by atoms with Gasteiger partial charge in [-0.2, -0.15) is 4.39 Å². The first-order chi connectivity index (χ1) is 15.6. The highest BCUT2D eigenvalue weighted by Gasteiger charge is 2.42. The number of halogens is 2. The van der Waals surface area contributed by atoms with E-state index in [9.17, 15) is 22.0 Å². The van der Waals surface area contributed by atoms with E-state index in [1.165, 1.54) is 0 Å². The Hall–Kier alpha value is -2.94. The lowest BCUT2D eigenvalue weighted by Crippen LogP contribution is -2.37. The van der Waals surface area contributed by atoms with Crippen molar-refractivity contribution in [3.63, 3.8) is 0 Å². The van der Waals surface area contributed by atoms with Crippen molar-refractivity contribution in [2.24, 2.45) is 5.41 Å². The Morgan fingerprint density at radius 2 is 1.94 bits per heavy atom. The summed E-state index contributed by atoms with van der Waals surface area (Å²) in [4.78, 5) is 12.3. The number of anilines is 2. The Bertz CT molecular complexity index is 1150. The van der Waals surface area contributed by atoms with Crippen molar-refractivity contribution in [1.82, 2.24) is 0 Å². The van der Waals surface area contributed by atoms with Crippen molar-refractivity contribution in [3.05, 3.63) is 60.4 Å². The van der Waals surface area contributed by atoms with Crippen molar-refractivity contribution in [1.29, 1.82) is 0 Å². The predicted octanol–water partition coefficient (Wildman–Crippen LogP) is 5.61. The number of nitrogens with zero attached hydrogens (tertiary/aromatic N) is 1. The topological polar surface area (TPSA) is 83.9 Å². The van der Waals surface area contributed by atoms with Crippen LogP contribution in [0.2, 0.25) is 0 Å². The van der Waals surface area contributed by atoms with Gasteiger partial charge in [0.05, 0.1) is 16.3 Å². The van der Waals surface area contributed by atoms with Crippen molar-refractivity contribution >= 4 is 27.2 Å². The van der Waals surface area contributed by atoms with Gasteiger partial charge < -0.3 is 14.7 Å². The Morgan fingerprint density at radius 3 is 2.55 bits per heavy atom. The number of unbranched alkanes of at least 4 members (excludes halogenated alkanes) is 1. The van der Waals surface area contributed by atoms with E-state index in [0.717, 1.165) is 30.7 Å². The second-order valence-electron chi connectivity index (χ2n) is 8.28. The van der Waals surface area contributed by atoms with Crippen LogP contribution in [-0.2, 0) is 14.6 Å². The third-order valence-corrected chi connectivity index (χ3v) is 7.99. The van der Waals surface area contributed by atoms with Gasteiger partial charge in [0.1, 0.15) is 6.26 Å². The smallest absolute Gasteiger partial charge is 0.368 e. The molecule has 0 radical (unpaired) electrons. The Labute approximate surface area is 192 Å². The molecule has 0 aromatic heterocycles. The van der Waals surface area contributed by atoms with E-state index in [-0.39, 0.29) is 22.6 Å². The fourth-order valence-corrected chi connectivity index (χ4v) is 6.30. The number of hydrogen-bond donors (Lipinski definition) is 1. The number of ether oxygens (including phenoxy) is 1. The summed E-state index contributed by atoms with van der Waals surface area (Å²) in [5, 5.41) is 8.64. The van der Waals surface area contributed by atoms with Gasteiger partial charge in [0.15, 0.2) is 21.4 Å². The maximum Gasteiger partial charge on any atom is 0.368 e. The third kappa shape index (κ3) is 5.35. The number of fused-ring (bicyclic) bond motifs is 1. The number of hydrogen-bond acceptors (Lipinski definition) is 5. The maximum absolute atomic E-state index is 14.9. The summed E-state index contributed by atoms with van der Waals surface area (Å²) in [7, 11) is -3.88. The molecule has 0 amide bonds. The van der Waals surface area contributed by atoms with Crippen molar-refractivity contribution < 1.29 is 31.8 Å². The average molecular weight is 480 g/mol. The number of rotatable bonds is 8. The number of aliphatic carboxylic acids is 1. The second kappa shape index (κ2) is 9.91. The van der Waals surface area contributed by atoms with Crippen molar-refractivity contribution in [2.75, 3.05) is 17.2 Å². The molecule has 6 nitrogen and oxygen atoms in total. The van der Waals surface area contributed by atoms with Crippen LogP contribution in [0.15, 0.2) is 59.4 Å². The fraction of sp³-hybridized carbons (Fsp3) is 0.375. The zero-order valence-corrected chi connectivity index (χ0v) is 19.4. The normalized spacial score (nSPS) is 20.1. The molecule has 0 bridgehead atoms. The number of sulfone groups is 1. The third-order valence-electron chi connectivity index (χ3n) is 6.00. The molecule has 1 aliphatic heterocycles. The van der Waals surface area contributed by atoms with E-state index >= 15 is 0 Å². The molecule has 0 saturated carbocycles. The molecule has 1 heterocycles. The second-order valence-corrected chi connectivity index (χ2v) is 10.2. The van der Waals surface area contributed by atoms with Crippen LogP contribution in [0.5, 0.6) is 5.75 Å². The quantitative estimate of drug-likeness (QED) is 0.301. The van der Waals surface area contributed by atoms with Gasteiger partial charge >= 0.3 is 5.97 Å². The van der Waals surface area contributed by atoms with Gasteiger partial charge in [0, 0.05) is 29.8 Å². The first-order valence-electron chi connectivity index (χ1n) is 10.8. The average Bonchev–Trinajstić information content (AvgIpc) is 2.88. The fourth-order valence-electron chi connectivity index (χ4n) is 4.12. The lowest BCUT2D eigenvalue weighted by Gasteiger charge is -2.36. The summed E-state index contributed by atoms with van der Waals surface area (Å²) in [6.07, 6.45) is 3.30. The molecule has 0 spiro atoms. The van der Waals surface area contributed by atoms with E-state index < -0.39 is 38.6 Å². The minimum atomic E-state index is -3.88. The molecule has 33 heavy (non-hydrogen) atoms. The van der Waals surface area contributed by atoms with Crippen LogP contribution in [0.1, 0.15) is 39.5 Å². The van der Waals surface area contributed by atoms with E-state index in [1.807, 2.05) is 44.2 Å².